The van der Waals surface area contributed by atoms with Crippen LogP contribution in [0.15, 0.2) is 0 Å². The predicted molar refractivity (Wildman–Crippen MR) is 64.4 cm³/mol. The lowest BCUT2D eigenvalue weighted by Gasteiger charge is -2.13. The lowest BCUT2D eigenvalue weighted by Crippen LogP contribution is -2.21. The number of halogens is 3. The first-order chi connectivity index (χ1) is 3.35. The van der Waals surface area contributed by atoms with Gasteiger partial charge in [-0.05, 0) is 19.6 Å². The van der Waals surface area contributed by atoms with E-state index in [4.69, 9.17) is 0 Å². The number of hydrogen-bond donors (Lipinski definition) is 0. The molecule has 0 spiro atoms. The van der Waals surface area contributed by atoms with Gasteiger partial charge in [0.1, 0.15) is 0 Å². The molecular weight excluding hydrogens is 326 g/mol. The molecule has 0 rings (SSSR count). The van der Waals surface area contributed by atoms with E-state index in [-0.39, 0.29) is 50.9 Å². The smallest absolute Gasteiger partial charge is 0.00474 e. The molecule has 0 aliphatic carbocycles. The summed E-state index contributed by atoms with van der Waals surface area (Å²) < 4.78 is 0. The van der Waals surface area contributed by atoms with E-state index in [1.54, 1.807) is 0 Å². The van der Waals surface area contributed by atoms with Crippen LogP contribution in [-0.2, 0) is 0 Å². The molecule has 0 atom stereocenters. The van der Waals surface area contributed by atoms with E-state index in [2.05, 4.69) is 25.7 Å². The van der Waals surface area contributed by atoms with Crippen LogP contribution in [0.1, 0.15) is 20.8 Å². The summed E-state index contributed by atoms with van der Waals surface area (Å²) in [5, 5.41) is 0. The van der Waals surface area contributed by atoms with Gasteiger partial charge in [-0.15, -0.1) is 50.9 Å². The molecule has 4 heteroatoms. The molecule has 0 amide bonds. The molecule has 0 aromatic heterocycles. The molecule has 0 aliphatic heterocycles. The second-order valence-electron chi connectivity index (χ2n) is 1.62. The fraction of sp³-hybridized carbons (Fsp3) is 1.00. The molecular formula is C6H18Br3N. The molecule has 0 N–H and O–H groups in total. The van der Waals surface area contributed by atoms with Crippen molar-refractivity contribution in [2.75, 3.05) is 19.6 Å². The summed E-state index contributed by atoms with van der Waals surface area (Å²) in [6.07, 6.45) is 0. The summed E-state index contributed by atoms with van der Waals surface area (Å²) in [5.74, 6) is 0. The molecule has 0 heterocycles. The molecule has 0 unspecified atom stereocenters. The minimum absolute atomic E-state index is 0. The Bertz CT molecular complexity index is 34.5. The highest BCUT2D eigenvalue weighted by Gasteiger charge is 1.89. The Kier molecular flexibility index (Phi) is 37.8. The third-order valence-electron chi connectivity index (χ3n) is 1.34. The average molecular weight is 344 g/mol. The molecule has 1 nitrogen and oxygen atoms in total. The first-order valence-corrected chi connectivity index (χ1v) is 3.07. The Labute approximate surface area is 95.9 Å². The van der Waals surface area contributed by atoms with Gasteiger partial charge in [0.2, 0.25) is 0 Å². The van der Waals surface area contributed by atoms with Gasteiger partial charge in [-0.25, -0.2) is 0 Å². The van der Waals surface area contributed by atoms with Gasteiger partial charge in [-0.1, -0.05) is 20.8 Å². The van der Waals surface area contributed by atoms with Crippen LogP contribution < -0.4 is 0 Å². The molecule has 0 bridgehead atoms. The van der Waals surface area contributed by atoms with E-state index >= 15 is 0 Å². The van der Waals surface area contributed by atoms with Crippen molar-refractivity contribution in [1.82, 2.24) is 4.90 Å². The van der Waals surface area contributed by atoms with E-state index in [0.717, 1.165) is 0 Å². The molecule has 0 aliphatic rings. The Balaban J connectivity index is -0.0000000600. The zero-order valence-electron chi connectivity index (χ0n) is 6.79. The van der Waals surface area contributed by atoms with Crippen LogP contribution in [0.4, 0.5) is 0 Å². The van der Waals surface area contributed by atoms with E-state index in [0.29, 0.717) is 0 Å². The second kappa shape index (κ2) is 16.8. The third-order valence-corrected chi connectivity index (χ3v) is 1.34. The van der Waals surface area contributed by atoms with E-state index in [1.165, 1.54) is 19.6 Å². The maximum atomic E-state index is 2.38. The summed E-state index contributed by atoms with van der Waals surface area (Å²) in [6.45, 7) is 10.1. The quantitative estimate of drug-likeness (QED) is 0.761. The average Bonchev–Trinajstić information content (AvgIpc) is 1.72. The van der Waals surface area contributed by atoms with E-state index in [1.807, 2.05) is 0 Å². The highest BCUT2D eigenvalue weighted by atomic mass is 79.9. The molecule has 0 radical (unpaired) electrons. The van der Waals surface area contributed by atoms with Crippen LogP contribution in [0.5, 0.6) is 0 Å². The second-order valence-corrected chi connectivity index (χ2v) is 1.62. The van der Waals surface area contributed by atoms with Crippen LogP contribution in [0.25, 0.3) is 0 Å². The van der Waals surface area contributed by atoms with Crippen LogP contribution in [-0.4, -0.2) is 24.5 Å². The van der Waals surface area contributed by atoms with Gasteiger partial charge in [0.05, 0.1) is 0 Å². The summed E-state index contributed by atoms with van der Waals surface area (Å²) in [5.41, 5.74) is 0. The first kappa shape index (κ1) is 22.5. The molecule has 0 fully saturated rings. The monoisotopic (exact) mass is 341 g/mol. The molecule has 0 saturated carbocycles. The Morgan fingerprint density at radius 3 is 0.900 bits per heavy atom. The number of rotatable bonds is 3. The highest BCUT2D eigenvalue weighted by Crippen LogP contribution is 1.81. The van der Waals surface area contributed by atoms with Gasteiger partial charge < -0.3 is 4.90 Å². The van der Waals surface area contributed by atoms with Gasteiger partial charge in [-0.2, -0.15) is 0 Å². The van der Waals surface area contributed by atoms with Crippen molar-refractivity contribution in [2.45, 2.75) is 20.8 Å². The lowest BCUT2D eigenvalue weighted by molar-refractivity contribution is 0.321. The SMILES string of the molecule is Br.Br.Br.CCN(CC)CC. The summed E-state index contributed by atoms with van der Waals surface area (Å²) >= 11 is 0. The van der Waals surface area contributed by atoms with Crippen LogP contribution in [0, 0.1) is 0 Å². The standard InChI is InChI=1S/C6H15N.3BrH/c1-4-7(5-2)6-3;;;/h4-6H2,1-3H3;3*1H. The maximum Gasteiger partial charge on any atom is -0.00474 e. The third kappa shape index (κ3) is 12.1. The molecule has 0 aromatic carbocycles. The molecule has 68 valence electrons. The topological polar surface area (TPSA) is 3.24 Å². The minimum Gasteiger partial charge on any atom is -0.304 e. The lowest BCUT2D eigenvalue weighted by atomic mass is 10.5. The van der Waals surface area contributed by atoms with Crippen molar-refractivity contribution in [3.8, 4) is 0 Å². The van der Waals surface area contributed by atoms with Crippen molar-refractivity contribution in [1.29, 1.82) is 0 Å². The van der Waals surface area contributed by atoms with Crippen LogP contribution in [0.2, 0.25) is 0 Å². The summed E-state index contributed by atoms with van der Waals surface area (Å²) in [7, 11) is 0. The summed E-state index contributed by atoms with van der Waals surface area (Å²) in [6, 6.07) is 0. The van der Waals surface area contributed by atoms with Gasteiger partial charge in [0.25, 0.3) is 0 Å². The Morgan fingerprint density at radius 1 is 0.700 bits per heavy atom. The summed E-state index contributed by atoms with van der Waals surface area (Å²) in [4.78, 5) is 2.38. The number of hydrogen-bond acceptors (Lipinski definition) is 1. The van der Waals surface area contributed by atoms with E-state index < -0.39 is 0 Å². The minimum atomic E-state index is 0. The fourth-order valence-corrected chi connectivity index (χ4v) is 0.671. The van der Waals surface area contributed by atoms with Crippen molar-refractivity contribution >= 4 is 50.9 Å². The van der Waals surface area contributed by atoms with Gasteiger partial charge >= 0.3 is 0 Å². The zero-order chi connectivity index (χ0) is 5.70. The molecule has 0 saturated heterocycles. The number of nitrogens with zero attached hydrogens (tertiary/aromatic N) is 1. The van der Waals surface area contributed by atoms with Crippen molar-refractivity contribution < 1.29 is 0 Å². The van der Waals surface area contributed by atoms with E-state index in [9.17, 15) is 0 Å². The van der Waals surface area contributed by atoms with Crippen LogP contribution >= 0.6 is 50.9 Å². The van der Waals surface area contributed by atoms with Gasteiger partial charge in [0.15, 0.2) is 0 Å². The van der Waals surface area contributed by atoms with Crippen molar-refractivity contribution in [3.63, 3.8) is 0 Å². The molecule has 0 aromatic rings. The molecule has 10 heavy (non-hydrogen) atoms. The van der Waals surface area contributed by atoms with Crippen molar-refractivity contribution in [2.24, 2.45) is 0 Å². The van der Waals surface area contributed by atoms with Gasteiger partial charge in [0, 0.05) is 0 Å². The Hall–Kier alpha value is 1.40. The Morgan fingerprint density at radius 2 is 0.900 bits per heavy atom. The maximum absolute atomic E-state index is 2.38. The normalized spacial score (nSPS) is 7.20. The van der Waals surface area contributed by atoms with Crippen molar-refractivity contribution in [3.05, 3.63) is 0 Å². The first-order valence-electron chi connectivity index (χ1n) is 3.07. The zero-order valence-corrected chi connectivity index (χ0v) is 11.9. The van der Waals surface area contributed by atoms with Gasteiger partial charge in [-0.3, -0.25) is 0 Å². The predicted octanol–water partition coefficient (Wildman–Crippen LogP) is 3.08. The fourth-order valence-electron chi connectivity index (χ4n) is 0.671. The highest BCUT2D eigenvalue weighted by molar-refractivity contribution is 8.93. The van der Waals surface area contributed by atoms with Crippen LogP contribution in [0.3, 0.4) is 0 Å². The largest absolute Gasteiger partial charge is 0.304 e.